The highest BCUT2D eigenvalue weighted by Crippen LogP contribution is 2.14. The first-order valence-electron chi connectivity index (χ1n) is 4.87. The molecule has 1 aromatic rings. The molecule has 0 aliphatic heterocycles. The van der Waals surface area contributed by atoms with Gasteiger partial charge in [-0.25, -0.2) is 4.79 Å². The molecule has 88 valence electrons. The Labute approximate surface area is 98.0 Å². The molecule has 6 heteroatoms. The molecule has 1 atom stereocenters. The first-order chi connectivity index (χ1) is 7.50. The van der Waals surface area contributed by atoms with E-state index in [0.717, 1.165) is 10.4 Å². The van der Waals surface area contributed by atoms with Crippen LogP contribution in [0.3, 0.4) is 0 Å². The first kappa shape index (κ1) is 12.5. The summed E-state index contributed by atoms with van der Waals surface area (Å²) in [6.07, 6.45) is 0. The summed E-state index contributed by atoms with van der Waals surface area (Å²) in [6.45, 7) is 4.05. The van der Waals surface area contributed by atoms with E-state index in [-0.39, 0.29) is 5.91 Å². The third-order valence-electron chi connectivity index (χ3n) is 2.14. The fourth-order valence-corrected chi connectivity index (χ4v) is 2.03. The van der Waals surface area contributed by atoms with Crippen LogP contribution in [0.4, 0.5) is 4.79 Å². The minimum Gasteiger partial charge on any atom is -0.352 e. The van der Waals surface area contributed by atoms with Crippen LogP contribution in [0.1, 0.15) is 17.4 Å². The molecule has 0 fully saturated rings. The van der Waals surface area contributed by atoms with Gasteiger partial charge in [0.1, 0.15) is 6.04 Å². The lowest BCUT2D eigenvalue weighted by atomic mass is 10.2. The number of urea groups is 1. The van der Waals surface area contributed by atoms with Gasteiger partial charge in [0.2, 0.25) is 5.91 Å². The Bertz CT molecular complexity index is 389. The highest BCUT2D eigenvalue weighted by molar-refractivity contribution is 7.10. The molecule has 1 heterocycles. The van der Waals surface area contributed by atoms with E-state index in [1.165, 1.54) is 0 Å². The van der Waals surface area contributed by atoms with Gasteiger partial charge in [0.05, 0.1) is 6.54 Å². The molecule has 0 aromatic carbocycles. The molecular formula is C10H15N3O2S. The van der Waals surface area contributed by atoms with Gasteiger partial charge in [-0.05, 0) is 30.9 Å². The Kier molecular flexibility index (Phi) is 4.30. The Morgan fingerprint density at radius 1 is 1.56 bits per heavy atom. The van der Waals surface area contributed by atoms with E-state index >= 15 is 0 Å². The molecule has 0 saturated carbocycles. The molecule has 0 unspecified atom stereocenters. The molecule has 16 heavy (non-hydrogen) atoms. The van der Waals surface area contributed by atoms with Gasteiger partial charge in [0.15, 0.2) is 0 Å². The number of amides is 3. The fraction of sp³-hybridized carbons (Fsp3) is 0.400. The SMILES string of the molecule is Cc1ccsc1CNC(=O)[C@@H](C)NC(N)=O. The standard InChI is InChI=1S/C10H15N3O2S/c1-6-3-4-16-8(6)5-12-9(14)7(2)13-10(11)15/h3-4,7H,5H2,1-2H3,(H,12,14)(H3,11,13,15)/t7-/m1/s1. The number of hydrogen-bond acceptors (Lipinski definition) is 3. The van der Waals surface area contributed by atoms with Crippen molar-refractivity contribution in [2.24, 2.45) is 5.73 Å². The van der Waals surface area contributed by atoms with Crippen molar-refractivity contribution in [2.45, 2.75) is 26.4 Å². The molecule has 1 aromatic heterocycles. The van der Waals surface area contributed by atoms with Crippen molar-refractivity contribution >= 4 is 23.3 Å². The topological polar surface area (TPSA) is 84.2 Å². The van der Waals surface area contributed by atoms with Crippen LogP contribution in [0, 0.1) is 6.92 Å². The van der Waals surface area contributed by atoms with Gasteiger partial charge in [-0.15, -0.1) is 11.3 Å². The van der Waals surface area contributed by atoms with E-state index in [0.29, 0.717) is 6.54 Å². The number of thiophene rings is 1. The molecule has 0 spiro atoms. The van der Waals surface area contributed by atoms with E-state index in [2.05, 4.69) is 10.6 Å². The van der Waals surface area contributed by atoms with Crippen molar-refractivity contribution in [2.75, 3.05) is 0 Å². The third kappa shape index (κ3) is 3.54. The van der Waals surface area contributed by atoms with E-state index in [1.807, 2.05) is 18.4 Å². The van der Waals surface area contributed by atoms with Gasteiger partial charge in [-0.2, -0.15) is 0 Å². The van der Waals surface area contributed by atoms with E-state index in [1.54, 1.807) is 18.3 Å². The summed E-state index contributed by atoms with van der Waals surface area (Å²) in [5.74, 6) is -0.244. The number of aryl methyl sites for hydroxylation is 1. The Balaban J connectivity index is 2.41. The monoisotopic (exact) mass is 241 g/mol. The smallest absolute Gasteiger partial charge is 0.312 e. The summed E-state index contributed by atoms with van der Waals surface area (Å²) in [4.78, 5) is 23.2. The van der Waals surface area contributed by atoms with Crippen molar-refractivity contribution in [3.8, 4) is 0 Å². The van der Waals surface area contributed by atoms with Gasteiger partial charge >= 0.3 is 6.03 Å². The minimum absolute atomic E-state index is 0.244. The summed E-state index contributed by atoms with van der Waals surface area (Å²) in [5.41, 5.74) is 6.07. The van der Waals surface area contributed by atoms with Crippen LogP contribution in [0.25, 0.3) is 0 Å². The number of primary amides is 1. The van der Waals surface area contributed by atoms with Crippen LogP contribution in [0.15, 0.2) is 11.4 Å². The van der Waals surface area contributed by atoms with Crippen LogP contribution in [0.2, 0.25) is 0 Å². The molecular weight excluding hydrogens is 226 g/mol. The van der Waals surface area contributed by atoms with Gasteiger partial charge in [0.25, 0.3) is 0 Å². The number of carbonyl (C=O) groups excluding carboxylic acids is 2. The van der Waals surface area contributed by atoms with E-state index in [9.17, 15) is 9.59 Å². The summed E-state index contributed by atoms with van der Waals surface area (Å²) in [6, 6.07) is 0.685. The average Bonchev–Trinajstić information content (AvgIpc) is 2.59. The van der Waals surface area contributed by atoms with Crippen LogP contribution in [0.5, 0.6) is 0 Å². The number of rotatable bonds is 4. The Morgan fingerprint density at radius 3 is 2.75 bits per heavy atom. The summed E-state index contributed by atoms with van der Waals surface area (Å²) < 4.78 is 0. The van der Waals surface area contributed by atoms with Crippen LogP contribution in [-0.2, 0) is 11.3 Å². The maximum atomic E-state index is 11.5. The van der Waals surface area contributed by atoms with Crippen LogP contribution < -0.4 is 16.4 Å². The summed E-state index contributed by atoms with van der Waals surface area (Å²) in [5, 5.41) is 7.02. The molecule has 5 nitrogen and oxygen atoms in total. The van der Waals surface area contributed by atoms with Crippen molar-refractivity contribution in [3.63, 3.8) is 0 Å². The van der Waals surface area contributed by atoms with E-state index < -0.39 is 12.1 Å². The molecule has 0 bridgehead atoms. The molecule has 0 radical (unpaired) electrons. The quantitative estimate of drug-likeness (QED) is 0.726. The predicted molar refractivity (Wildman–Crippen MR) is 63.1 cm³/mol. The average molecular weight is 241 g/mol. The van der Waals surface area contributed by atoms with Crippen molar-refractivity contribution in [3.05, 3.63) is 21.9 Å². The summed E-state index contributed by atoms with van der Waals surface area (Å²) >= 11 is 1.59. The zero-order chi connectivity index (χ0) is 12.1. The largest absolute Gasteiger partial charge is 0.352 e. The number of carbonyl (C=O) groups is 2. The van der Waals surface area contributed by atoms with Crippen LogP contribution in [-0.4, -0.2) is 18.0 Å². The third-order valence-corrected chi connectivity index (χ3v) is 3.17. The molecule has 0 aliphatic rings. The second-order valence-corrected chi connectivity index (χ2v) is 4.48. The lowest BCUT2D eigenvalue weighted by molar-refractivity contribution is -0.122. The number of hydrogen-bond donors (Lipinski definition) is 3. The maximum absolute atomic E-state index is 11.5. The molecule has 4 N–H and O–H groups in total. The zero-order valence-electron chi connectivity index (χ0n) is 9.24. The van der Waals surface area contributed by atoms with Gasteiger partial charge in [-0.3, -0.25) is 4.79 Å². The van der Waals surface area contributed by atoms with Gasteiger partial charge in [-0.1, -0.05) is 0 Å². The van der Waals surface area contributed by atoms with Gasteiger partial charge < -0.3 is 16.4 Å². The lowest BCUT2D eigenvalue weighted by Crippen LogP contribution is -2.46. The highest BCUT2D eigenvalue weighted by atomic mass is 32.1. The fourth-order valence-electron chi connectivity index (χ4n) is 1.18. The van der Waals surface area contributed by atoms with Crippen molar-refractivity contribution in [1.29, 1.82) is 0 Å². The van der Waals surface area contributed by atoms with Crippen molar-refractivity contribution < 1.29 is 9.59 Å². The second-order valence-electron chi connectivity index (χ2n) is 3.47. The highest BCUT2D eigenvalue weighted by Gasteiger charge is 2.13. The lowest BCUT2D eigenvalue weighted by Gasteiger charge is -2.12. The number of nitrogens with two attached hydrogens (primary N) is 1. The normalized spacial score (nSPS) is 11.9. The molecule has 0 aliphatic carbocycles. The first-order valence-corrected chi connectivity index (χ1v) is 5.75. The Morgan fingerprint density at radius 2 is 2.25 bits per heavy atom. The zero-order valence-corrected chi connectivity index (χ0v) is 10.1. The number of nitrogens with one attached hydrogen (secondary N) is 2. The van der Waals surface area contributed by atoms with E-state index in [4.69, 9.17) is 5.73 Å². The minimum atomic E-state index is -0.699. The Hall–Kier alpha value is -1.56. The molecule has 0 saturated heterocycles. The second kappa shape index (κ2) is 5.50. The van der Waals surface area contributed by atoms with Crippen molar-refractivity contribution in [1.82, 2.24) is 10.6 Å². The molecule has 1 rings (SSSR count). The van der Waals surface area contributed by atoms with Crippen LogP contribution >= 0.6 is 11.3 Å². The summed E-state index contributed by atoms with van der Waals surface area (Å²) in [7, 11) is 0. The molecule has 3 amide bonds. The van der Waals surface area contributed by atoms with Gasteiger partial charge in [0, 0.05) is 4.88 Å². The predicted octanol–water partition coefficient (Wildman–Crippen LogP) is 0.730. The maximum Gasteiger partial charge on any atom is 0.312 e.